The number of amides is 1. The molecule has 2 saturated heterocycles. The minimum absolute atomic E-state index is 0. The summed E-state index contributed by atoms with van der Waals surface area (Å²) < 4.78 is 0. The molecule has 2 aliphatic rings. The van der Waals surface area contributed by atoms with Gasteiger partial charge in [0.1, 0.15) is 5.82 Å². The number of piperazine rings is 1. The van der Waals surface area contributed by atoms with Crippen molar-refractivity contribution < 1.29 is 4.79 Å². The summed E-state index contributed by atoms with van der Waals surface area (Å²) in [6.45, 7) is 4.60. The fourth-order valence-electron chi connectivity index (χ4n) is 2.74. The SMILES string of the molecule is CN1CCN(c2ncccc2CNC(=O)C2CSCN2)CC1.Cl.Cl.Cl. The molecule has 10 heteroatoms. The summed E-state index contributed by atoms with van der Waals surface area (Å²) in [4.78, 5) is 21.3. The van der Waals surface area contributed by atoms with Crippen molar-refractivity contribution in [3.8, 4) is 0 Å². The zero-order chi connectivity index (χ0) is 15.4. The average molecular weight is 431 g/mol. The molecule has 3 heterocycles. The van der Waals surface area contributed by atoms with Crippen LogP contribution in [-0.4, -0.2) is 66.7 Å². The number of nitrogens with zero attached hydrogens (tertiary/aromatic N) is 3. The van der Waals surface area contributed by atoms with Gasteiger partial charge in [-0.05, 0) is 13.1 Å². The Labute approximate surface area is 172 Å². The molecule has 3 rings (SSSR count). The van der Waals surface area contributed by atoms with Gasteiger partial charge in [0.05, 0.1) is 6.04 Å². The molecule has 0 aliphatic carbocycles. The van der Waals surface area contributed by atoms with Crippen molar-refractivity contribution in [2.45, 2.75) is 12.6 Å². The van der Waals surface area contributed by atoms with Crippen LogP contribution in [0.1, 0.15) is 5.56 Å². The first-order chi connectivity index (χ1) is 10.7. The monoisotopic (exact) mass is 429 g/mol. The lowest BCUT2D eigenvalue weighted by Gasteiger charge is -2.34. The fourth-order valence-corrected chi connectivity index (χ4v) is 3.68. The Balaban J connectivity index is 0.00000192. The van der Waals surface area contributed by atoms with Gasteiger partial charge in [0.2, 0.25) is 5.91 Å². The van der Waals surface area contributed by atoms with Crippen LogP contribution >= 0.6 is 49.0 Å². The highest BCUT2D eigenvalue weighted by atomic mass is 35.5. The molecule has 2 fully saturated rings. The van der Waals surface area contributed by atoms with E-state index in [-0.39, 0.29) is 49.2 Å². The molecule has 1 unspecified atom stereocenters. The highest BCUT2D eigenvalue weighted by Gasteiger charge is 2.23. The zero-order valence-corrected chi connectivity index (χ0v) is 17.4. The molecule has 6 nitrogen and oxygen atoms in total. The van der Waals surface area contributed by atoms with Gasteiger partial charge in [-0.25, -0.2) is 4.98 Å². The second-order valence-corrected chi connectivity index (χ2v) is 6.80. The normalized spacial score (nSPS) is 20.0. The molecule has 144 valence electrons. The molecule has 1 atom stereocenters. The topological polar surface area (TPSA) is 60.5 Å². The number of pyridine rings is 1. The predicted octanol–water partition coefficient (Wildman–Crippen LogP) is 1.38. The number of aromatic nitrogens is 1. The molecule has 2 N–H and O–H groups in total. The number of anilines is 1. The Morgan fingerprint density at radius 2 is 2.04 bits per heavy atom. The Kier molecular flexibility index (Phi) is 11.8. The first-order valence-electron chi connectivity index (χ1n) is 7.70. The van der Waals surface area contributed by atoms with Gasteiger partial charge < -0.3 is 15.1 Å². The Bertz CT molecular complexity index is 526. The summed E-state index contributed by atoms with van der Waals surface area (Å²) >= 11 is 1.76. The van der Waals surface area contributed by atoms with E-state index < -0.39 is 0 Å². The van der Waals surface area contributed by atoms with Crippen LogP contribution in [0.4, 0.5) is 5.82 Å². The number of thioether (sulfide) groups is 1. The second kappa shape index (κ2) is 12.0. The van der Waals surface area contributed by atoms with E-state index in [0.717, 1.165) is 49.2 Å². The third-order valence-electron chi connectivity index (χ3n) is 4.16. The molecule has 0 radical (unpaired) electrons. The summed E-state index contributed by atoms with van der Waals surface area (Å²) in [5.41, 5.74) is 1.09. The lowest BCUT2D eigenvalue weighted by atomic mass is 10.2. The van der Waals surface area contributed by atoms with Gasteiger partial charge >= 0.3 is 0 Å². The smallest absolute Gasteiger partial charge is 0.238 e. The van der Waals surface area contributed by atoms with Crippen LogP contribution in [0.25, 0.3) is 0 Å². The van der Waals surface area contributed by atoms with Crippen molar-refractivity contribution >= 4 is 60.7 Å². The van der Waals surface area contributed by atoms with E-state index in [4.69, 9.17) is 0 Å². The maximum atomic E-state index is 12.1. The number of likely N-dealkylation sites (N-methyl/N-ethyl adjacent to an activating group) is 1. The lowest BCUT2D eigenvalue weighted by molar-refractivity contribution is -0.122. The van der Waals surface area contributed by atoms with Gasteiger partial charge in [0, 0.05) is 56.1 Å². The van der Waals surface area contributed by atoms with Crippen LogP contribution < -0.4 is 15.5 Å². The minimum Gasteiger partial charge on any atom is -0.354 e. The number of hydrogen-bond acceptors (Lipinski definition) is 6. The van der Waals surface area contributed by atoms with Crippen molar-refractivity contribution in [2.75, 3.05) is 49.8 Å². The van der Waals surface area contributed by atoms with Gasteiger partial charge in [0.15, 0.2) is 0 Å². The molecular weight excluding hydrogens is 405 g/mol. The summed E-state index contributed by atoms with van der Waals surface area (Å²) in [5.74, 6) is 2.80. The maximum Gasteiger partial charge on any atom is 0.238 e. The first kappa shape index (κ1) is 24.6. The number of hydrogen-bond donors (Lipinski definition) is 2. The number of rotatable bonds is 4. The quantitative estimate of drug-likeness (QED) is 0.752. The van der Waals surface area contributed by atoms with E-state index in [1.807, 2.05) is 12.3 Å². The van der Waals surface area contributed by atoms with E-state index in [2.05, 4.69) is 38.5 Å². The van der Waals surface area contributed by atoms with Gasteiger partial charge in [-0.1, -0.05) is 6.07 Å². The average Bonchev–Trinajstić information content (AvgIpc) is 3.08. The Morgan fingerprint density at radius 3 is 2.68 bits per heavy atom. The van der Waals surface area contributed by atoms with Gasteiger partial charge in [-0.2, -0.15) is 0 Å². The van der Waals surface area contributed by atoms with E-state index in [1.54, 1.807) is 11.8 Å². The van der Waals surface area contributed by atoms with Crippen molar-refractivity contribution in [1.29, 1.82) is 0 Å². The van der Waals surface area contributed by atoms with Crippen molar-refractivity contribution in [3.05, 3.63) is 23.9 Å². The van der Waals surface area contributed by atoms with Crippen LogP contribution in [0.2, 0.25) is 0 Å². The van der Waals surface area contributed by atoms with Gasteiger partial charge in [-0.15, -0.1) is 49.0 Å². The third kappa shape index (κ3) is 6.66. The summed E-state index contributed by atoms with van der Waals surface area (Å²) in [7, 11) is 2.14. The van der Waals surface area contributed by atoms with E-state index in [0.29, 0.717) is 6.54 Å². The maximum absolute atomic E-state index is 12.1. The zero-order valence-electron chi connectivity index (χ0n) is 14.1. The molecule has 0 aromatic carbocycles. The molecule has 2 aliphatic heterocycles. The predicted molar refractivity (Wildman–Crippen MR) is 112 cm³/mol. The van der Waals surface area contributed by atoms with Crippen molar-refractivity contribution in [1.82, 2.24) is 20.5 Å². The summed E-state index contributed by atoms with van der Waals surface area (Å²) in [6, 6.07) is 3.93. The Hall–Kier alpha value is -0.440. The van der Waals surface area contributed by atoms with Crippen LogP contribution in [-0.2, 0) is 11.3 Å². The van der Waals surface area contributed by atoms with Crippen molar-refractivity contribution in [2.24, 2.45) is 0 Å². The minimum atomic E-state index is -0.0613. The summed E-state index contributed by atoms with van der Waals surface area (Å²) in [6.07, 6.45) is 1.83. The largest absolute Gasteiger partial charge is 0.354 e. The van der Waals surface area contributed by atoms with Crippen LogP contribution in [0.5, 0.6) is 0 Å². The molecule has 1 amide bonds. The van der Waals surface area contributed by atoms with E-state index >= 15 is 0 Å². The number of halogens is 3. The van der Waals surface area contributed by atoms with Gasteiger partial charge in [-0.3, -0.25) is 10.1 Å². The second-order valence-electron chi connectivity index (χ2n) is 5.77. The van der Waals surface area contributed by atoms with Crippen LogP contribution in [0.15, 0.2) is 18.3 Å². The highest BCUT2D eigenvalue weighted by Crippen LogP contribution is 2.19. The van der Waals surface area contributed by atoms with Gasteiger partial charge in [0.25, 0.3) is 0 Å². The van der Waals surface area contributed by atoms with E-state index in [9.17, 15) is 4.79 Å². The number of nitrogens with one attached hydrogen (secondary N) is 2. The molecule has 0 spiro atoms. The molecule has 1 aromatic rings. The molecule has 0 bridgehead atoms. The molecule has 25 heavy (non-hydrogen) atoms. The Morgan fingerprint density at radius 1 is 1.32 bits per heavy atom. The number of carbonyl (C=O) groups is 1. The van der Waals surface area contributed by atoms with E-state index in [1.165, 1.54) is 0 Å². The van der Waals surface area contributed by atoms with Crippen LogP contribution in [0.3, 0.4) is 0 Å². The molecule has 1 aromatic heterocycles. The standard InChI is InChI=1S/C15H23N5OS.3ClH/c1-19-5-7-20(8-6-19)14-12(3-2-4-16-14)9-17-15(21)13-10-22-11-18-13;;;/h2-4,13,18H,5-11H2,1H3,(H,17,21);3*1H. The summed E-state index contributed by atoms with van der Waals surface area (Å²) in [5, 5.41) is 6.23. The highest BCUT2D eigenvalue weighted by molar-refractivity contribution is 7.99. The van der Waals surface area contributed by atoms with Crippen molar-refractivity contribution in [3.63, 3.8) is 0 Å². The molecular formula is C15H26Cl3N5OS. The lowest BCUT2D eigenvalue weighted by Crippen LogP contribution is -2.45. The molecule has 0 saturated carbocycles. The van der Waals surface area contributed by atoms with Crippen LogP contribution in [0, 0.1) is 0 Å². The fraction of sp³-hybridized carbons (Fsp3) is 0.600. The first-order valence-corrected chi connectivity index (χ1v) is 8.86. The number of carbonyl (C=O) groups excluding carboxylic acids is 1. The third-order valence-corrected chi connectivity index (χ3v) is 5.10.